The summed E-state index contributed by atoms with van der Waals surface area (Å²) >= 11 is 0. The van der Waals surface area contributed by atoms with Gasteiger partial charge in [0.25, 0.3) is 11.8 Å². The Labute approximate surface area is 160 Å². The van der Waals surface area contributed by atoms with Crippen molar-refractivity contribution >= 4 is 29.6 Å². The van der Waals surface area contributed by atoms with Gasteiger partial charge in [0, 0.05) is 5.56 Å². The molecule has 28 heavy (non-hydrogen) atoms. The molecule has 9 heteroatoms. The smallest absolute Gasteiger partial charge is 0.326 e. The van der Waals surface area contributed by atoms with Gasteiger partial charge >= 0.3 is 5.97 Å². The van der Waals surface area contributed by atoms with Crippen LogP contribution in [0.4, 0.5) is 0 Å². The zero-order valence-corrected chi connectivity index (χ0v) is 14.9. The fraction of sp³-hybridized carbons (Fsp3) is 0.316. The summed E-state index contributed by atoms with van der Waals surface area (Å²) in [4.78, 5) is 60.8. The van der Waals surface area contributed by atoms with Gasteiger partial charge < -0.3 is 4.74 Å². The third-order valence-electron chi connectivity index (χ3n) is 4.60. The summed E-state index contributed by atoms with van der Waals surface area (Å²) in [6.07, 6.45) is 4.65. The number of amides is 4. The van der Waals surface area contributed by atoms with Gasteiger partial charge in [-0.15, -0.1) is 0 Å². The number of nitrogens with one attached hydrogen (secondary N) is 2. The molecule has 9 nitrogen and oxygen atoms in total. The van der Waals surface area contributed by atoms with Crippen LogP contribution in [-0.2, 0) is 23.9 Å². The number of carbonyl (C=O) groups excluding carboxylic acids is 5. The summed E-state index contributed by atoms with van der Waals surface area (Å²) in [5.41, 5.74) is 4.65. The summed E-state index contributed by atoms with van der Waals surface area (Å²) < 4.78 is 4.79. The van der Waals surface area contributed by atoms with Gasteiger partial charge in [0.2, 0.25) is 11.8 Å². The number of ether oxygens (including phenoxy) is 1. The maximum Gasteiger partial charge on any atom is 0.326 e. The maximum absolute atomic E-state index is 12.3. The van der Waals surface area contributed by atoms with Gasteiger partial charge in [-0.1, -0.05) is 30.4 Å². The van der Waals surface area contributed by atoms with Crippen LogP contribution >= 0.6 is 0 Å². The quantitative estimate of drug-likeness (QED) is 0.317. The standard InChI is InChI=1S/C19H19N3O6/c23-15(20-21-17(25)12-6-2-1-3-7-12)11-28-16(24)10-22-18(26)13-8-4-5-9-14(13)19(22)27/h1-7,13-14H,8-11H2,(H,20,23)(H,21,25)/t13-,14-/m0/s1. The number of nitrogens with zero attached hydrogens (tertiary/aromatic N) is 1. The average Bonchev–Trinajstić information content (AvgIpc) is 2.96. The minimum Gasteiger partial charge on any atom is -0.454 e. The van der Waals surface area contributed by atoms with Gasteiger partial charge in [0.05, 0.1) is 11.8 Å². The molecule has 1 heterocycles. The molecule has 0 radical (unpaired) electrons. The van der Waals surface area contributed by atoms with Crippen molar-refractivity contribution in [3.8, 4) is 0 Å². The number of benzene rings is 1. The Morgan fingerprint density at radius 2 is 1.57 bits per heavy atom. The van der Waals surface area contributed by atoms with Crippen LogP contribution in [0.5, 0.6) is 0 Å². The number of likely N-dealkylation sites (tertiary alicyclic amines) is 1. The van der Waals surface area contributed by atoms with Gasteiger partial charge in [-0.05, 0) is 25.0 Å². The molecule has 2 aliphatic rings. The Kier molecular flexibility index (Phi) is 5.83. The third-order valence-corrected chi connectivity index (χ3v) is 4.60. The molecule has 0 bridgehead atoms. The molecule has 0 unspecified atom stereocenters. The molecule has 1 aromatic carbocycles. The van der Waals surface area contributed by atoms with Gasteiger partial charge in [-0.3, -0.25) is 39.7 Å². The van der Waals surface area contributed by atoms with E-state index in [2.05, 4.69) is 10.9 Å². The molecule has 1 aromatic rings. The highest BCUT2D eigenvalue weighted by Crippen LogP contribution is 2.34. The predicted molar refractivity (Wildman–Crippen MR) is 95.1 cm³/mol. The van der Waals surface area contributed by atoms with E-state index in [-0.39, 0.29) is 0 Å². The van der Waals surface area contributed by atoms with E-state index >= 15 is 0 Å². The lowest BCUT2D eigenvalue weighted by Gasteiger charge is -2.14. The fourth-order valence-electron chi connectivity index (χ4n) is 3.17. The Morgan fingerprint density at radius 1 is 0.964 bits per heavy atom. The van der Waals surface area contributed by atoms with Crippen molar-refractivity contribution in [3.05, 3.63) is 48.0 Å². The molecular weight excluding hydrogens is 366 g/mol. The Morgan fingerprint density at radius 3 is 2.18 bits per heavy atom. The first-order valence-corrected chi connectivity index (χ1v) is 8.77. The van der Waals surface area contributed by atoms with Gasteiger partial charge in [-0.2, -0.15) is 0 Å². The first kappa shape index (κ1) is 19.3. The molecule has 1 fully saturated rings. The second-order valence-electron chi connectivity index (χ2n) is 6.45. The zero-order chi connectivity index (χ0) is 20.1. The highest BCUT2D eigenvalue weighted by molar-refractivity contribution is 6.07. The van der Waals surface area contributed by atoms with Crippen LogP contribution in [0.3, 0.4) is 0 Å². The Hall–Kier alpha value is -3.49. The first-order chi connectivity index (χ1) is 13.5. The van der Waals surface area contributed by atoms with Crippen molar-refractivity contribution < 1.29 is 28.7 Å². The van der Waals surface area contributed by atoms with Crippen LogP contribution in [-0.4, -0.2) is 47.6 Å². The van der Waals surface area contributed by atoms with Crippen molar-refractivity contribution in [2.45, 2.75) is 12.8 Å². The monoisotopic (exact) mass is 385 g/mol. The highest BCUT2D eigenvalue weighted by atomic mass is 16.5. The normalized spacial score (nSPS) is 20.5. The van der Waals surface area contributed by atoms with Gasteiger partial charge in [-0.25, -0.2) is 0 Å². The number of hydrogen-bond donors (Lipinski definition) is 2. The number of hydrazine groups is 1. The topological polar surface area (TPSA) is 122 Å². The predicted octanol–water partition coefficient (Wildman–Crippen LogP) is -0.0580. The van der Waals surface area contributed by atoms with E-state index < -0.39 is 54.6 Å². The highest BCUT2D eigenvalue weighted by Gasteiger charge is 2.47. The number of esters is 1. The number of imide groups is 1. The summed E-state index contributed by atoms with van der Waals surface area (Å²) in [6, 6.07) is 8.23. The molecule has 4 amide bonds. The molecule has 2 N–H and O–H groups in total. The van der Waals surface area contributed by atoms with E-state index in [1.54, 1.807) is 30.3 Å². The lowest BCUT2D eigenvalue weighted by molar-refractivity contribution is -0.155. The molecule has 0 saturated carbocycles. The lowest BCUT2D eigenvalue weighted by Crippen LogP contribution is -2.44. The summed E-state index contributed by atoms with van der Waals surface area (Å²) in [6.45, 7) is -1.19. The van der Waals surface area contributed by atoms with Crippen molar-refractivity contribution in [2.24, 2.45) is 11.8 Å². The van der Waals surface area contributed by atoms with E-state index in [0.29, 0.717) is 18.4 Å². The molecule has 3 rings (SSSR count). The lowest BCUT2D eigenvalue weighted by atomic mass is 9.85. The maximum atomic E-state index is 12.3. The molecule has 146 valence electrons. The molecule has 0 aromatic heterocycles. The molecule has 1 saturated heterocycles. The minimum absolute atomic E-state index is 0.349. The van der Waals surface area contributed by atoms with Crippen molar-refractivity contribution in [2.75, 3.05) is 13.2 Å². The number of fused-ring (bicyclic) bond motifs is 1. The zero-order valence-electron chi connectivity index (χ0n) is 14.9. The van der Waals surface area contributed by atoms with E-state index in [9.17, 15) is 24.0 Å². The number of rotatable bonds is 5. The van der Waals surface area contributed by atoms with Crippen LogP contribution in [0.15, 0.2) is 42.5 Å². The second kappa shape index (κ2) is 8.47. The van der Waals surface area contributed by atoms with E-state index in [1.165, 1.54) is 0 Å². The van der Waals surface area contributed by atoms with Crippen LogP contribution in [0, 0.1) is 11.8 Å². The fourth-order valence-corrected chi connectivity index (χ4v) is 3.17. The number of allylic oxidation sites excluding steroid dienone is 2. The Bertz CT molecular complexity index is 809. The van der Waals surface area contributed by atoms with E-state index in [1.807, 2.05) is 12.2 Å². The second-order valence-corrected chi connectivity index (χ2v) is 6.45. The Balaban J connectivity index is 1.42. The summed E-state index contributed by atoms with van der Waals surface area (Å²) in [7, 11) is 0. The molecular formula is C19H19N3O6. The number of hydrogen-bond acceptors (Lipinski definition) is 6. The molecule has 0 spiro atoms. The molecule has 1 aliphatic heterocycles. The minimum atomic E-state index is -0.877. The van der Waals surface area contributed by atoms with Crippen molar-refractivity contribution in [1.29, 1.82) is 0 Å². The van der Waals surface area contributed by atoms with E-state index in [4.69, 9.17) is 4.74 Å². The van der Waals surface area contributed by atoms with E-state index in [0.717, 1.165) is 4.90 Å². The first-order valence-electron chi connectivity index (χ1n) is 8.77. The summed E-state index contributed by atoms with van der Waals surface area (Å²) in [5, 5.41) is 0. The number of carbonyl (C=O) groups is 5. The third kappa shape index (κ3) is 4.25. The van der Waals surface area contributed by atoms with Crippen LogP contribution in [0.1, 0.15) is 23.2 Å². The van der Waals surface area contributed by atoms with Crippen LogP contribution in [0.2, 0.25) is 0 Å². The van der Waals surface area contributed by atoms with Crippen molar-refractivity contribution in [3.63, 3.8) is 0 Å². The summed E-state index contributed by atoms with van der Waals surface area (Å²) in [5.74, 6) is -3.80. The largest absolute Gasteiger partial charge is 0.454 e. The molecule has 1 aliphatic carbocycles. The van der Waals surface area contributed by atoms with Crippen molar-refractivity contribution in [1.82, 2.24) is 15.8 Å². The van der Waals surface area contributed by atoms with Gasteiger partial charge in [0.1, 0.15) is 6.54 Å². The molecule has 2 atom stereocenters. The average molecular weight is 385 g/mol. The SMILES string of the molecule is O=C(COC(=O)CN1C(=O)[C@H]2CC=CC[C@@H]2C1=O)NNC(=O)c1ccccc1. The van der Waals surface area contributed by atoms with Gasteiger partial charge in [0.15, 0.2) is 6.61 Å². The van der Waals surface area contributed by atoms with Crippen LogP contribution < -0.4 is 10.9 Å². The van der Waals surface area contributed by atoms with Crippen LogP contribution in [0.25, 0.3) is 0 Å².